The van der Waals surface area contributed by atoms with Crippen LogP contribution in [0.4, 0.5) is 0 Å². The second-order valence-corrected chi connectivity index (χ2v) is 4.72. The molecule has 0 saturated carbocycles. The normalized spacial score (nSPS) is 11.2. The van der Waals surface area contributed by atoms with Gasteiger partial charge < -0.3 is 9.47 Å². The van der Waals surface area contributed by atoms with Crippen LogP contribution in [0.25, 0.3) is 0 Å². The van der Waals surface area contributed by atoms with E-state index in [4.69, 9.17) is 9.47 Å². The molecule has 0 aliphatic rings. The SMILES string of the molecule is COc1ccccc1C(=O)NNC(=O)C(C)Oc1ccccc1. The monoisotopic (exact) mass is 314 g/mol. The molecule has 0 heterocycles. The average molecular weight is 314 g/mol. The van der Waals surface area contributed by atoms with E-state index in [0.717, 1.165) is 0 Å². The zero-order valence-corrected chi connectivity index (χ0v) is 12.9. The van der Waals surface area contributed by atoms with Gasteiger partial charge in [0.1, 0.15) is 11.5 Å². The van der Waals surface area contributed by atoms with Crippen LogP contribution in [-0.4, -0.2) is 25.0 Å². The van der Waals surface area contributed by atoms with Gasteiger partial charge in [0.15, 0.2) is 6.10 Å². The number of carbonyl (C=O) groups excluding carboxylic acids is 2. The number of methoxy groups -OCH3 is 1. The van der Waals surface area contributed by atoms with E-state index >= 15 is 0 Å². The Morgan fingerprint density at radius 2 is 1.61 bits per heavy atom. The number of hydrogen-bond donors (Lipinski definition) is 2. The Hall–Kier alpha value is -3.02. The third-order valence-corrected chi connectivity index (χ3v) is 3.08. The summed E-state index contributed by atoms with van der Waals surface area (Å²) in [6.07, 6.45) is -0.754. The van der Waals surface area contributed by atoms with Gasteiger partial charge in [-0.15, -0.1) is 0 Å². The molecule has 23 heavy (non-hydrogen) atoms. The summed E-state index contributed by atoms with van der Waals surface area (Å²) in [7, 11) is 1.47. The maximum absolute atomic E-state index is 12.1. The Bertz CT molecular complexity index is 673. The number of benzene rings is 2. The van der Waals surface area contributed by atoms with Crippen molar-refractivity contribution in [1.29, 1.82) is 0 Å². The Morgan fingerprint density at radius 1 is 0.957 bits per heavy atom. The molecule has 2 aromatic rings. The van der Waals surface area contributed by atoms with Gasteiger partial charge >= 0.3 is 0 Å². The molecule has 120 valence electrons. The predicted molar refractivity (Wildman–Crippen MR) is 85.1 cm³/mol. The summed E-state index contributed by atoms with van der Waals surface area (Å²) in [4.78, 5) is 24.0. The summed E-state index contributed by atoms with van der Waals surface area (Å²) in [6, 6.07) is 15.7. The highest BCUT2D eigenvalue weighted by atomic mass is 16.5. The number of rotatable bonds is 5. The maximum Gasteiger partial charge on any atom is 0.279 e. The molecule has 0 radical (unpaired) electrons. The lowest BCUT2D eigenvalue weighted by atomic mass is 10.2. The zero-order valence-electron chi connectivity index (χ0n) is 12.9. The fraction of sp³-hybridized carbons (Fsp3) is 0.176. The molecule has 6 heteroatoms. The first-order chi connectivity index (χ1) is 11.1. The van der Waals surface area contributed by atoms with E-state index in [9.17, 15) is 9.59 Å². The first-order valence-electron chi connectivity index (χ1n) is 7.06. The molecule has 1 atom stereocenters. The fourth-order valence-corrected chi connectivity index (χ4v) is 1.88. The summed E-state index contributed by atoms with van der Waals surface area (Å²) in [5.74, 6) is 0.0684. The molecular weight excluding hydrogens is 296 g/mol. The number of para-hydroxylation sites is 2. The van der Waals surface area contributed by atoms with Crippen molar-refractivity contribution in [3.63, 3.8) is 0 Å². The summed E-state index contributed by atoms with van der Waals surface area (Å²) < 4.78 is 10.6. The average Bonchev–Trinajstić information content (AvgIpc) is 2.60. The van der Waals surface area contributed by atoms with Crippen LogP contribution in [0, 0.1) is 0 Å². The van der Waals surface area contributed by atoms with Crippen LogP contribution in [0.2, 0.25) is 0 Å². The van der Waals surface area contributed by atoms with Gasteiger partial charge in [0, 0.05) is 0 Å². The largest absolute Gasteiger partial charge is 0.496 e. The quantitative estimate of drug-likeness (QED) is 0.827. The highest BCUT2D eigenvalue weighted by Gasteiger charge is 2.17. The third-order valence-electron chi connectivity index (χ3n) is 3.08. The molecule has 0 aliphatic heterocycles. The van der Waals surface area contributed by atoms with Crippen LogP contribution in [0.3, 0.4) is 0 Å². The number of hydrogen-bond acceptors (Lipinski definition) is 4. The number of amides is 2. The smallest absolute Gasteiger partial charge is 0.279 e. The number of carbonyl (C=O) groups is 2. The van der Waals surface area contributed by atoms with Crippen molar-refractivity contribution in [1.82, 2.24) is 10.9 Å². The van der Waals surface area contributed by atoms with Gasteiger partial charge in [-0.3, -0.25) is 20.4 Å². The molecule has 0 spiro atoms. The molecule has 0 bridgehead atoms. The molecular formula is C17H18N2O4. The van der Waals surface area contributed by atoms with Crippen molar-refractivity contribution in [2.24, 2.45) is 0 Å². The van der Waals surface area contributed by atoms with Crippen LogP contribution in [0.15, 0.2) is 54.6 Å². The van der Waals surface area contributed by atoms with Crippen molar-refractivity contribution in [3.05, 3.63) is 60.2 Å². The minimum Gasteiger partial charge on any atom is -0.496 e. The van der Waals surface area contributed by atoms with Gasteiger partial charge in [0.05, 0.1) is 12.7 Å². The molecule has 0 aliphatic carbocycles. The molecule has 0 fully saturated rings. The summed E-state index contributed by atoms with van der Waals surface area (Å²) in [6.45, 7) is 1.59. The minimum atomic E-state index is -0.754. The lowest BCUT2D eigenvalue weighted by Crippen LogP contribution is -2.47. The predicted octanol–water partition coefficient (Wildman–Crippen LogP) is 1.92. The van der Waals surface area contributed by atoms with Crippen LogP contribution < -0.4 is 20.3 Å². The van der Waals surface area contributed by atoms with Gasteiger partial charge in [0.25, 0.3) is 11.8 Å². The van der Waals surface area contributed by atoms with Crippen LogP contribution >= 0.6 is 0 Å². The van der Waals surface area contributed by atoms with E-state index in [1.807, 2.05) is 18.2 Å². The molecule has 2 rings (SSSR count). The second-order valence-electron chi connectivity index (χ2n) is 4.72. The van der Waals surface area contributed by atoms with Crippen LogP contribution in [0.5, 0.6) is 11.5 Å². The van der Waals surface area contributed by atoms with E-state index < -0.39 is 17.9 Å². The van der Waals surface area contributed by atoms with Gasteiger partial charge in [-0.05, 0) is 31.2 Å². The summed E-state index contributed by atoms with van der Waals surface area (Å²) in [5, 5.41) is 0. The Labute approximate surface area is 134 Å². The van der Waals surface area contributed by atoms with Crippen molar-refractivity contribution >= 4 is 11.8 Å². The van der Waals surface area contributed by atoms with E-state index in [2.05, 4.69) is 10.9 Å². The molecule has 2 amide bonds. The Balaban J connectivity index is 1.89. The summed E-state index contributed by atoms with van der Waals surface area (Å²) in [5.41, 5.74) is 5.00. The first kappa shape index (κ1) is 16.4. The number of nitrogens with one attached hydrogen (secondary N) is 2. The molecule has 0 saturated heterocycles. The highest BCUT2D eigenvalue weighted by molar-refractivity contribution is 5.98. The Kier molecular flexibility index (Phi) is 5.57. The molecule has 1 unspecified atom stereocenters. The zero-order chi connectivity index (χ0) is 16.7. The lowest BCUT2D eigenvalue weighted by molar-refractivity contribution is -0.128. The second kappa shape index (κ2) is 7.84. The van der Waals surface area contributed by atoms with Crippen LogP contribution in [-0.2, 0) is 4.79 Å². The standard InChI is InChI=1S/C17H18N2O4/c1-12(23-13-8-4-3-5-9-13)16(20)18-19-17(21)14-10-6-7-11-15(14)22-2/h3-12H,1-2H3,(H,18,20)(H,19,21). The van der Waals surface area contributed by atoms with Gasteiger partial charge in [0.2, 0.25) is 0 Å². The lowest BCUT2D eigenvalue weighted by Gasteiger charge is -2.15. The molecule has 2 aromatic carbocycles. The third kappa shape index (κ3) is 4.47. The van der Waals surface area contributed by atoms with Crippen molar-refractivity contribution < 1.29 is 19.1 Å². The first-order valence-corrected chi connectivity index (χ1v) is 7.06. The molecule has 6 nitrogen and oxygen atoms in total. The van der Waals surface area contributed by atoms with Gasteiger partial charge in [-0.1, -0.05) is 30.3 Å². The summed E-state index contributed by atoms with van der Waals surface area (Å²) >= 11 is 0. The van der Waals surface area contributed by atoms with E-state index in [-0.39, 0.29) is 0 Å². The maximum atomic E-state index is 12.1. The van der Waals surface area contributed by atoms with E-state index in [1.165, 1.54) is 7.11 Å². The van der Waals surface area contributed by atoms with Gasteiger partial charge in [-0.2, -0.15) is 0 Å². The fourth-order valence-electron chi connectivity index (χ4n) is 1.88. The van der Waals surface area contributed by atoms with E-state index in [0.29, 0.717) is 17.1 Å². The topological polar surface area (TPSA) is 76.7 Å². The van der Waals surface area contributed by atoms with Crippen molar-refractivity contribution in [2.45, 2.75) is 13.0 Å². The van der Waals surface area contributed by atoms with Crippen molar-refractivity contribution in [2.75, 3.05) is 7.11 Å². The molecule has 2 N–H and O–H groups in total. The van der Waals surface area contributed by atoms with E-state index in [1.54, 1.807) is 43.3 Å². The van der Waals surface area contributed by atoms with Crippen molar-refractivity contribution in [3.8, 4) is 11.5 Å². The highest BCUT2D eigenvalue weighted by Crippen LogP contribution is 2.16. The minimum absolute atomic E-state index is 0.326. The number of ether oxygens (including phenoxy) is 2. The van der Waals surface area contributed by atoms with Gasteiger partial charge in [-0.25, -0.2) is 0 Å². The van der Waals surface area contributed by atoms with Crippen LogP contribution in [0.1, 0.15) is 17.3 Å². The number of hydrazine groups is 1. The Morgan fingerprint density at radius 3 is 2.30 bits per heavy atom. The molecule has 0 aromatic heterocycles.